The number of benzene rings is 1. The van der Waals surface area contributed by atoms with Gasteiger partial charge in [0.25, 0.3) is 0 Å². The molecule has 3 aliphatic rings. The zero-order valence-electron chi connectivity index (χ0n) is 16.7. The molecule has 1 amide bonds. The summed E-state index contributed by atoms with van der Waals surface area (Å²) in [5, 5.41) is 24.0. The molecule has 2 saturated carbocycles. The third kappa shape index (κ3) is 4.42. The van der Waals surface area contributed by atoms with Crippen LogP contribution in [0.25, 0.3) is 0 Å². The fraction of sp³-hybridized carbons (Fsp3) is 0.696. The molecular weight excluding hydrogens is 352 g/mol. The van der Waals surface area contributed by atoms with Gasteiger partial charge in [0.1, 0.15) is 0 Å². The van der Waals surface area contributed by atoms with Gasteiger partial charge in [-0.15, -0.1) is 0 Å². The maximum Gasteiger partial charge on any atom is 0.223 e. The molecule has 5 heteroatoms. The minimum atomic E-state index is -0.347. The molecule has 1 aromatic rings. The predicted molar refractivity (Wildman–Crippen MR) is 109 cm³/mol. The maximum atomic E-state index is 12.3. The number of amides is 1. The molecule has 0 aromatic heterocycles. The number of nitrogens with one attached hydrogen (secondary N) is 1. The highest BCUT2D eigenvalue weighted by molar-refractivity contribution is 5.80. The van der Waals surface area contributed by atoms with E-state index in [-0.39, 0.29) is 35.5 Å². The van der Waals surface area contributed by atoms with E-state index < -0.39 is 0 Å². The highest BCUT2D eigenvalue weighted by Crippen LogP contribution is 2.40. The third-order valence-electron chi connectivity index (χ3n) is 7.18. The number of hydrogen-bond acceptors (Lipinski definition) is 4. The van der Waals surface area contributed by atoms with Gasteiger partial charge in [0.15, 0.2) is 0 Å². The standard InChI is InChI=1S/C23H34N2O3/c26-19-10-14-25(15-11-19)20-8-12-23(13-9-21(20)27,18-4-2-1-3-5-18)16-24-22(28)17-6-7-17/h1-5,17,19-21,26-27H,6-16H2,(H,24,28)/t20-,21-,23-/m0/s1. The fourth-order valence-electron chi connectivity index (χ4n) is 5.11. The Labute approximate surface area is 168 Å². The first-order chi connectivity index (χ1) is 13.6. The van der Waals surface area contributed by atoms with E-state index in [2.05, 4.69) is 34.5 Å². The Morgan fingerprint density at radius 2 is 1.68 bits per heavy atom. The van der Waals surface area contributed by atoms with Crippen LogP contribution < -0.4 is 5.32 Å². The summed E-state index contributed by atoms with van der Waals surface area (Å²) in [5.74, 6) is 0.415. The van der Waals surface area contributed by atoms with Crippen LogP contribution >= 0.6 is 0 Å². The summed E-state index contributed by atoms with van der Waals surface area (Å²) >= 11 is 0. The van der Waals surface area contributed by atoms with Gasteiger partial charge in [0, 0.05) is 37.0 Å². The third-order valence-corrected chi connectivity index (χ3v) is 7.18. The molecule has 5 nitrogen and oxygen atoms in total. The van der Waals surface area contributed by atoms with Gasteiger partial charge in [-0.3, -0.25) is 9.69 Å². The summed E-state index contributed by atoms with van der Waals surface area (Å²) in [6.07, 6.45) is 6.61. The van der Waals surface area contributed by atoms with E-state index in [1.807, 2.05) is 6.07 Å². The molecule has 1 aliphatic heterocycles. The van der Waals surface area contributed by atoms with Gasteiger partial charge in [-0.2, -0.15) is 0 Å². The highest BCUT2D eigenvalue weighted by atomic mass is 16.3. The van der Waals surface area contributed by atoms with E-state index in [9.17, 15) is 15.0 Å². The van der Waals surface area contributed by atoms with Crippen molar-refractivity contribution in [3.8, 4) is 0 Å². The normalized spacial score (nSPS) is 32.6. The number of piperidine rings is 1. The number of hydrogen-bond donors (Lipinski definition) is 3. The summed E-state index contributed by atoms with van der Waals surface area (Å²) < 4.78 is 0. The van der Waals surface area contributed by atoms with Crippen molar-refractivity contribution in [1.82, 2.24) is 10.2 Å². The molecule has 3 atom stereocenters. The van der Waals surface area contributed by atoms with E-state index in [1.165, 1.54) is 5.56 Å². The molecule has 1 aromatic carbocycles. The number of aliphatic hydroxyl groups is 2. The summed E-state index contributed by atoms with van der Waals surface area (Å²) in [6.45, 7) is 2.38. The number of rotatable bonds is 5. The van der Waals surface area contributed by atoms with Gasteiger partial charge in [0.05, 0.1) is 12.2 Å². The first-order valence-corrected chi connectivity index (χ1v) is 11.0. The number of nitrogens with zero attached hydrogens (tertiary/aromatic N) is 1. The average molecular weight is 387 g/mol. The van der Waals surface area contributed by atoms with Crippen molar-refractivity contribution >= 4 is 5.91 Å². The quantitative estimate of drug-likeness (QED) is 0.679. The van der Waals surface area contributed by atoms with Crippen molar-refractivity contribution in [2.45, 2.75) is 75.0 Å². The van der Waals surface area contributed by atoms with Crippen LogP contribution in [-0.4, -0.2) is 58.9 Å². The van der Waals surface area contributed by atoms with Crippen molar-refractivity contribution in [3.05, 3.63) is 35.9 Å². The van der Waals surface area contributed by atoms with Crippen LogP contribution in [0.5, 0.6) is 0 Å². The number of aliphatic hydroxyl groups excluding tert-OH is 2. The Bertz CT molecular complexity index is 655. The second kappa shape index (κ2) is 8.52. The molecule has 2 aliphatic carbocycles. The lowest BCUT2D eigenvalue weighted by atomic mass is 9.74. The van der Waals surface area contributed by atoms with Crippen LogP contribution in [0.3, 0.4) is 0 Å². The first kappa shape index (κ1) is 19.9. The molecule has 28 heavy (non-hydrogen) atoms. The van der Waals surface area contributed by atoms with Gasteiger partial charge in [-0.05, 0) is 56.9 Å². The predicted octanol–water partition coefficient (Wildman–Crippen LogP) is 2.21. The first-order valence-electron chi connectivity index (χ1n) is 11.0. The van der Waals surface area contributed by atoms with Crippen molar-refractivity contribution in [1.29, 1.82) is 0 Å². The Morgan fingerprint density at radius 1 is 1.00 bits per heavy atom. The van der Waals surface area contributed by atoms with Crippen molar-refractivity contribution in [2.24, 2.45) is 5.92 Å². The van der Waals surface area contributed by atoms with Crippen molar-refractivity contribution in [2.75, 3.05) is 19.6 Å². The molecule has 0 unspecified atom stereocenters. The number of likely N-dealkylation sites (tertiary alicyclic amines) is 1. The van der Waals surface area contributed by atoms with Crippen LogP contribution in [0.4, 0.5) is 0 Å². The molecule has 154 valence electrons. The molecule has 3 N–H and O–H groups in total. The van der Waals surface area contributed by atoms with Crippen LogP contribution in [0.2, 0.25) is 0 Å². The second-order valence-electron chi connectivity index (χ2n) is 9.12. The SMILES string of the molecule is O=C(NC[C@@]1(c2ccccc2)CC[C@H](O)[C@@H](N2CCC(O)CC2)CC1)C1CC1. The van der Waals surface area contributed by atoms with Crippen LogP contribution in [0.1, 0.15) is 56.9 Å². The van der Waals surface area contributed by atoms with Crippen molar-refractivity contribution in [3.63, 3.8) is 0 Å². The highest BCUT2D eigenvalue weighted by Gasteiger charge is 2.41. The molecule has 0 spiro atoms. The molecule has 0 radical (unpaired) electrons. The van der Waals surface area contributed by atoms with E-state index >= 15 is 0 Å². The van der Waals surface area contributed by atoms with Crippen LogP contribution in [0, 0.1) is 5.92 Å². The summed E-state index contributed by atoms with van der Waals surface area (Å²) in [5.41, 5.74) is 1.16. The van der Waals surface area contributed by atoms with Gasteiger partial charge >= 0.3 is 0 Å². The van der Waals surface area contributed by atoms with Crippen LogP contribution in [0.15, 0.2) is 30.3 Å². The van der Waals surface area contributed by atoms with Gasteiger partial charge in [-0.25, -0.2) is 0 Å². The number of carbonyl (C=O) groups is 1. The Balaban J connectivity index is 1.50. The molecular formula is C23H34N2O3. The van der Waals surface area contributed by atoms with E-state index in [0.29, 0.717) is 6.54 Å². The topological polar surface area (TPSA) is 72.8 Å². The Hall–Kier alpha value is -1.43. The Kier molecular flexibility index (Phi) is 6.04. The molecule has 0 bridgehead atoms. The molecule has 3 fully saturated rings. The fourth-order valence-corrected chi connectivity index (χ4v) is 5.11. The summed E-state index contributed by atoms with van der Waals surface area (Å²) in [6, 6.07) is 10.7. The monoisotopic (exact) mass is 386 g/mol. The zero-order chi connectivity index (χ0) is 19.6. The molecule has 4 rings (SSSR count). The largest absolute Gasteiger partial charge is 0.393 e. The maximum absolute atomic E-state index is 12.3. The summed E-state index contributed by atoms with van der Waals surface area (Å²) in [7, 11) is 0. The lowest BCUT2D eigenvalue weighted by Crippen LogP contribution is -2.48. The molecule has 1 heterocycles. The lowest BCUT2D eigenvalue weighted by molar-refractivity contribution is -0.122. The van der Waals surface area contributed by atoms with E-state index in [1.54, 1.807) is 0 Å². The van der Waals surface area contributed by atoms with Crippen LogP contribution in [-0.2, 0) is 10.2 Å². The minimum absolute atomic E-state index is 0.114. The van der Waals surface area contributed by atoms with Gasteiger partial charge < -0.3 is 15.5 Å². The minimum Gasteiger partial charge on any atom is -0.393 e. The zero-order valence-corrected chi connectivity index (χ0v) is 16.7. The average Bonchev–Trinajstić information content (AvgIpc) is 3.57. The Morgan fingerprint density at radius 3 is 2.36 bits per heavy atom. The molecule has 1 saturated heterocycles. The smallest absolute Gasteiger partial charge is 0.223 e. The second-order valence-corrected chi connectivity index (χ2v) is 9.12. The van der Waals surface area contributed by atoms with Gasteiger partial charge in [0.2, 0.25) is 5.91 Å². The lowest BCUT2D eigenvalue weighted by Gasteiger charge is -2.38. The van der Waals surface area contributed by atoms with E-state index in [4.69, 9.17) is 0 Å². The van der Waals surface area contributed by atoms with E-state index in [0.717, 1.165) is 64.5 Å². The van der Waals surface area contributed by atoms with Gasteiger partial charge in [-0.1, -0.05) is 30.3 Å². The number of carbonyl (C=O) groups excluding carboxylic acids is 1. The summed E-state index contributed by atoms with van der Waals surface area (Å²) in [4.78, 5) is 14.7. The van der Waals surface area contributed by atoms with Crippen molar-refractivity contribution < 1.29 is 15.0 Å².